The molecule has 35 heavy (non-hydrogen) atoms. The van der Waals surface area contributed by atoms with Crippen molar-refractivity contribution in [1.82, 2.24) is 5.32 Å². The number of primary amides is 1. The van der Waals surface area contributed by atoms with Crippen LogP contribution in [-0.2, 0) is 29.5 Å². The van der Waals surface area contributed by atoms with Gasteiger partial charge in [0.2, 0.25) is 23.6 Å². The quantitative estimate of drug-likeness (QED) is 0.417. The van der Waals surface area contributed by atoms with E-state index in [-0.39, 0.29) is 30.7 Å². The Kier molecular flexibility index (Phi) is 5.40. The maximum atomic E-state index is 13.8. The number of amides is 4. The second-order valence-electron chi connectivity index (χ2n) is 8.85. The van der Waals surface area contributed by atoms with Gasteiger partial charge in [0.1, 0.15) is 5.54 Å². The summed E-state index contributed by atoms with van der Waals surface area (Å²) in [6.45, 7) is 1.92. The number of ether oxygens (including phenoxy) is 1. The monoisotopic (exact) mass is 476 g/mol. The van der Waals surface area contributed by atoms with E-state index in [1.807, 2.05) is 0 Å². The van der Waals surface area contributed by atoms with Crippen LogP contribution in [0.25, 0.3) is 0 Å². The van der Waals surface area contributed by atoms with Crippen LogP contribution in [0.15, 0.2) is 48.5 Å². The lowest BCUT2D eigenvalue weighted by Gasteiger charge is -2.29. The summed E-state index contributed by atoms with van der Waals surface area (Å²) in [6, 6.07) is 12.4. The van der Waals surface area contributed by atoms with Gasteiger partial charge in [-0.05, 0) is 43.7 Å². The summed E-state index contributed by atoms with van der Waals surface area (Å²) < 4.78 is 4.99. The van der Waals surface area contributed by atoms with Gasteiger partial charge in [0, 0.05) is 23.7 Å². The molecule has 4 atom stereocenters. The van der Waals surface area contributed by atoms with Crippen LogP contribution in [0.5, 0.6) is 0 Å². The molecule has 3 aliphatic heterocycles. The molecule has 0 unspecified atom stereocenters. The molecule has 3 heterocycles. The number of benzene rings is 2. The zero-order valence-corrected chi connectivity index (χ0v) is 18.9. The van der Waals surface area contributed by atoms with Crippen LogP contribution in [0, 0.1) is 11.8 Å². The van der Waals surface area contributed by atoms with E-state index in [9.17, 15) is 24.0 Å². The maximum Gasteiger partial charge on any atom is 0.338 e. The molecule has 0 bridgehead atoms. The molecule has 1 spiro atoms. The van der Waals surface area contributed by atoms with Crippen molar-refractivity contribution in [3.63, 3.8) is 0 Å². The first-order chi connectivity index (χ1) is 16.8. The van der Waals surface area contributed by atoms with Crippen molar-refractivity contribution in [2.75, 3.05) is 16.8 Å². The van der Waals surface area contributed by atoms with Crippen LogP contribution >= 0.6 is 0 Å². The number of anilines is 2. The third-order valence-electron chi connectivity index (χ3n) is 6.96. The van der Waals surface area contributed by atoms with Gasteiger partial charge in [0.05, 0.1) is 29.7 Å². The molecule has 0 aliphatic carbocycles. The number of imide groups is 1. The normalized spacial score (nSPS) is 26.6. The smallest absolute Gasteiger partial charge is 0.338 e. The highest BCUT2D eigenvalue weighted by Crippen LogP contribution is 2.54. The summed E-state index contributed by atoms with van der Waals surface area (Å²) in [5.41, 5.74) is 5.63. The number of rotatable bonds is 6. The number of nitrogens with zero attached hydrogens (tertiary/aromatic N) is 1. The van der Waals surface area contributed by atoms with Gasteiger partial charge in [0.25, 0.3) is 0 Å². The predicted octanol–water partition coefficient (Wildman–Crippen LogP) is 1.05. The number of nitrogens with one attached hydrogen (secondary N) is 2. The molecule has 2 aromatic carbocycles. The lowest BCUT2D eigenvalue weighted by Crippen LogP contribution is -2.53. The molecule has 2 fully saturated rings. The highest BCUT2D eigenvalue weighted by molar-refractivity contribution is 6.25. The second kappa shape index (κ2) is 8.31. The molecule has 0 aromatic heterocycles. The van der Waals surface area contributed by atoms with E-state index >= 15 is 0 Å². The SMILES string of the molecule is CCOC(=O)c1ccc(N2C(=O)[C@@H]3[C@H](CCC(N)=O)N[C@]4(C(=O)Nc5ccccc54)[C@@H]3C2=O)cc1. The van der Waals surface area contributed by atoms with Crippen molar-refractivity contribution in [3.8, 4) is 0 Å². The Hall–Kier alpha value is -4.05. The molecule has 0 radical (unpaired) electrons. The Balaban J connectivity index is 1.56. The fourth-order valence-electron chi connectivity index (χ4n) is 5.52. The molecule has 0 saturated carbocycles. The van der Waals surface area contributed by atoms with E-state index in [1.165, 1.54) is 24.3 Å². The number of nitrogens with two attached hydrogens (primary N) is 1. The van der Waals surface area contributed by atoms with E-state index in [0.717, 1.165) is 4.90 Å². The number of esters is 1. The zero-order valence-electron chi connectivity index (χ0n) is 18.9. The van der Waals surface area contributed by atoms with E-state index in [2.05, 4.69) is 10.6 Å². The van der Waals surface area contributed by atoms with Crippen molar-refractivity contribution >= 4 is 41.0 Å². The summed E-state index contributed by atoms with van der Waals surface area (Å²) in [7, 11) is 0. The van der Waals surface area contributed by atoms with Crippen LogP contribution in [0.2, 0.25) is 0 Å². The first kappa shape index (κ1) is 22.7. The number of para-hydroxylation sites is 1. The molecule has 4 N–H and O–H groups in total. The maximum absolute atomic E-state index is 13.8. The summed E-state index contributed by atoms with van der Waals surface area (Å²) in [6.07, 6.45) is 0.193. The van der Waals surface area contributed by atoms with Gasteiger partial charge in [0.15, 0.2) is 0 Å². The van der Waals surface area contributed by atoms with Gasteiger partial charge >= 0.3 is 5.97 Å². The van der Waals surface area contributed by atoms with Gasteiger partial charge < -0.3 is 15.8 Å². The topological polar surface area (TPSA) is 148 Å². The Morgan fingerprint density at radius 2 is 1.77 bits per heavy atom. The first-order valence-electron chi connectivity index (χ1n) is 11.4. The van der Waals surface area contributed by atoms with Crippen molar-refractivity contribution in [1.29, 1.82) is 0 Å². The third-order valence-corrected chi connectivity index (χ3v) is 6.96. The molecule has 10 heteroatoms. The van der Waals surface area contributed by atoms with Crippen LogP contribution in [-0.4, -0.2) is 42.2 Å². The minimum absolute atomic E-state index is 0.00403. The third kappa shape index (κ3) is 3.32. The minimum atomic E-state index is -1.45. The van der Waals surface area contributed by atoms with E-state index in [1.54, 1.807) is 31.2 Å². The summed E-state index contributed by atoms with van der Waals surface area (Å²) in [4.78, 5) is 65.4. The number of carbonyl (C=O) groups excluding carboxylic acids is 5. The fraction of sp³-hybridized carbons (Fsp3) is 0.320. The Bertz CT molecular complexity index is 1260. The van der Waals surface area contributed by atoms with Crippen molar-refractivity contribution in [2.45, 2.75) is 31.3 Å². The van der Waals surface area contributed by atoms with Crippen molar-refractivity contribution < 1.29 is 28.7 Å². The Morgan fingerprint density at radius 3 is 2.46 bits per heavy atom. The van der Waals surface area contributed by atoms with Gasteiger partial charge in [-0.1, -0.05) is 18.2 Å². The summed E-state index contributed by atoms with van der Waals surface area (Å²) >= 11 is 0. The van der Waals surface area contributed by atoms with E-state index < -0.39 is 53.0 Å². The fourth-order valence-corrected chi connectivity index (χ4v) is 5.52. The Labute approximate surface area is 200 Å². The molecule has 5 rings (SSSR count). The molecule has 180 valence electrons. The molecular formula is C25H24N4O6. The van der Waals surface area contributed by atoms with Gasteiger partial charge in [-0.15, -0.1) is 0 Å². The first-order valence-corrected chi connectivity index (χ1v) is 11.4. The molecule has 2 aromatic rings. The zero-order chi connectivity index (χ0) is 24.9. The van der Waals surface area contributed by atoms with Crippen molar-refractivity contribution in [3.05, 3.63) is 59.7 Å². The largest absolute Gasteiger partial charge is 0.462 e. The number of fused-ring (bicyclic) bond motifs is 4. The molecule has 3 aliphatic rings. The van der Waals surface area contributed by atoms with Gasteiger partial charge in [-0.3, -0.25) is 24.5 Å². The Morgan fingerprint density at radius 1 is 1.06 bits per heavy atom. The molecule has 10 nitrogen and oxygen atoms in total. The van der Waals surface area contributed by atoms with E-state index in [4.69, 9.17) is 10.5 Å². The standard InChI is InChI=1S/C25H24N4O6/c1-2-35-23(33)13-7-9-14(10-8-13)29-21(31)19-17(11-12-18(26)30)28-25(20(19)22(29)32)15-5-3-4-6-16(15)27-24(25)34/h3-10,17,19-20,28H,2,11-12H2,1H3,(H2,26,30)(H,27,34)/t17-,19+,20-,25-/m0/s1. The van der Waals surface area contributed by atoms with E-state index in [0.29, 0.717) is 11.3 Å². The van der Waals surface area contributed by atoms with Gasteiger partial charge in [-0.2, -0.15) is 0 Å². The predicted molar refractivity (Wildman–Crippen MR) is 124 cm³/mol. The number of hydrogen-bond donors (Lipinski definition) is 3. The summed E-state index contributed by atoms with van der Waals surface area (Å²) in [5.74, 6) is -4.35. The molecular weight excluding hydrogens is 452 g/mol. The molecule has 2 saturated heterocycles. The second-order valence-corrected chi connectivity index (χ2v) is 8.85. The lowest BCUT2D eigenvalue weighted by molar-refractivity contribution is -0.130. The van der Waals surface area contributed by atoms with Crippen LogP contribution in [0.1, 0.15) is 35.7 Å². The van der Waals surface area contributed by atoms with Crippen molar-refractivity contribution in [2.24, 2.45) is 17.6 Å². The van der Waals surface area contributed by atoms with Crippen LogP contribution in [0.3, 0.4) is 0 Å². The number of hydrogen-bond acceptors (Lipinski definition) is 7. The average Bonchev–Trinajstić information content (AvgIpc) is 3.42. The highest BCUT2D eigenvalue weighted by atomic mass is 16.5. The van der Waals surface area contributed by atoms with Crippen LogP contribution < -0.4 is 21.3 Å². The van der Waals surface area contributed by atoms with Gasteiger partial charge in [-0.25, -0.2) is 9.69 Å². The van der Waals surface area contributed by atoms with Crippen LogP contribution in [0.4, 0.5) is 11.4 Å². The number of carbonyl (C=O) groups is 5. The molecule has 4 amide bonds. The lowest BCUT2D eigenvalue weighted by atomic mass is 9.76. The average molecular weight is 476 g/mol. The summed E-state index contributed by atoms with van der Waals surface area (Å²) in [5, 5.41) is 6.07. The highest BCUT2D eigenvalue weighted by Gasteiger charge is 2.70. The minimum Gasteiger partial charge on any atom is -0.462 e.